The van der Waals surface area contributed by atoms with E-state index in [4.69, 9.17) is 5.73 Å². The lowest BCUT2D eigenvalue weighted by atomic mass is 10.2. The maximum absolute atomic E-state index is 14.6. The molecule has 2 aromatic rings. The molecular weight excluding hydrogens is 327 g/mol. The Morgan fingerprint density at radius 1 is 1.32 bits per heavy atom. The molecule has 3 N–H and O–H groups in total. The van der Waals surface area contributed by atoms with Gasteiger partial charge in [0, 0.05) is 31.4 Å². The Morgan fingerprint density at radius 2 is 2.00 bits per heavy atom. The summed E-state index contributed by atoms with van der Waals surface area (Å²) in [6.07, 6.45) is 3.14. The summed E-state index contributed by atoms with van der Waals surface area (Å²) in [7, 11) is 0. The summed E-state index contributed by atoms with van der Waals surface area (Å²) in [6, 6.07) is 1.45. The molecule has 25 heavy (non-hydrogen) atoms. The van der Waals surface area contributed by atoms with Gasteiger partial charge in [-0.15, -0.1) is 0 Å². The smallest absolute Gasteiger partial charge is 0.341 e. The number of aromatic nitrogens is 2. The van der Waals surface area contributed by atoms with Gasteiger partial charge in [0.1, 0.15) is 11.2 Å². The van der Waals surface area contributed by atoms with Gasteiger partial charge in [-0.2, -0.15) is 0 Å². The molecular formula is C17H17FN4O3. The lowest BCUT2D eigenvalue weighted by Gasteiger charge is -2.22. The molecule has 1 unspecified atom stereocenters. The number of carbonyl (C=O) groups is 1. The van der Waals surface area contributed by atoms with Crippen LogP contribution in [0.5, 0.6) is 0 Å². The van der Waals surface area contributed by atoms with Crippen molar-refractivity contribution in [1.29, 1.82) is 0 Å². The molecule has 130 valence electrons. The Balaban J connectivity index is 1.68. The van der Waals surface area contributed by atoms with Crippen LogP contribution < -0.4 is 16.1 Å². The normalized spacial score (nSPS) is 27.6. The van der Waals surface area contributed by atoms with Crippen LogP contribution in [0.25, 0.3) is 11.0 Å². The van der Waals surface area contributed by atoms with Crippen molar-refractivity contribution < 1.29 is 14.3 Å². The van der Waals surface area contributed by atoms with Gasteiger partial charge in [0.2, 0.25) is 5.43 Å². The van der Waals surface area contributed by atoms with E-state index in [1.54, 1.807) is 4.57 Å². The Morgan fingerprint density at radius 3 is 2.60 bits per heavy atom. The number of hydrogen-bond donors (Lipinski definition) is 2. The van der Waals surface area contributed by atoms with Gasteiger partial charge < -0.3 is 20.3 Å². The van der Waals surface area contributed by atoms with E-state index in [0.717, 1.165) is 18.9 Å². The van der Waals surface area contributed by atoms with Gasteiger partial charge in [-0.3, -0.25) is 4.79 Å². The predicted molar refractivity (Wildman–Crippen MR) is 88.4 cm³/mol. The number of aromatic carboxylic acids is 1. The zero-order valence-electron chi connectivity index (χ0n) is 13.4. The molecule has 3 atom stereocenters. The minimum Gasteiger partial charge on any atom is -0.477 e. The Bertz CT molecular complexity index is 972. The topological polar surface area (TPSA) is 101 Å². The maximum atomic E-state index is 14.6. The van der Waals surface area contributed by atoms with Crippen LogP contribution in [-0.2, 0) is 0 Å². The summed E-state index contributed by atoms with van der Waals surface area (Å²) in [6.45, 7) is 1.34. The van der Waals surface area contributed by atoms with Gasteiger partial charge in [-0.25, -0.2) is 14.2 Å². The van der Waals surface area contributed by atoms with Crippen LogP contribution in [0.3, 0.4) is 0 Å². The highest BCUT2D eigenvalue weighted by Crippen LogP contribution is 2.45. The summed E-state index contributed by atoms with van der Waals surface area (Å²) in [4.78, 5) is 30.1. The van der Waals surface area contributed by atoms with Crippen molar-refractivity contribution in [1.82, 2.24) is 9.55 Å². The average molecular weight is 344 g/mol. The van der Waals surface area contributed by atoms with Crippen molar-refractivity contribution >= 4 is 22.8 Å². The average Bonchev–Trinajstić information content (AvgIpc) is 3.46. The van der Waals surface area contributed by atoms with Crippen molar-refractivity contribution in [3.8, 4) is 0 Å². The molecule has 2 aliphatic carbocycles. The number of nitrogens with two attached hydrogens (primary N) is 1. The predicted octanol–water partition coefficient (Wildman–Crippen LogP) is 0.962. The molecule has 2 aromatic heterocycles. The van der Waals surface area contributed by atoms with Crippen LogP contribution in [0.4, 0.5) is 10.2 Å². The van der Waals surface area contributed by atoms with Crippen molar-refractivity contribution in [2.45, 2.75) is 24.9 Å². The Labute approximate surface area is 141 Å². The first-order valence-electron chi connectivity index (χ1n) is 8.45. The van der Waals surface area contributed by atoms with E-state index in [9.17, 15) is 19.1 Å². The fraction of sp³-hybridized carbons (Fsp3) is 0.471. The lowest BCUT2D eigenvalue weighted by molar-refractivity contribution is 0.0695. The minimum atomic E-state index is -1.31. The van der Waals surface area contributed by atoms with Gasteiger partial charge in [0.05, 0.1) is 5.39 Å². The third kappa shape index (κ3) is 2.10. The van der Waals surface area contributed by atoms with E-state index in [1.165, 1.54) is 6.20 Å². The second-order valence-corrected chi connectivity index (χ2v) is 7.29. The molecule has 0 radical (unpaired) electrons. The highest BCUT2D eigenvalue weighted by Gasteiger charge is 2.54. The Hall–Kier alpha value is -2.48. The quantitative estimate of drug-likeness (QED) is 0.860. The SMILES string of the molecule is NC1[C@H]2CN(c3nc4c(cc3F)c(=O)c(C(=O)O)cn4C3CC3)C[C@@H]12. The standard InChI is InChI=1S/C17H17FN4O3/c18-12-3-8-14(23)11(17(24)25)6-22(7-1-2-7)15(8)20-16(12)21-4-9-10(5-21)13(9)19/h3,6-7,9-10,13H,1-2,4-5,19H2,(H,24,25)/t9-,10+,13?. The molecule has 0 bridgehead atoms. The first-order chi connectivity index (χ1) is 12.0. The van der Waals surface area contributed by atoms with Crippen LogP contribution in [-0.4, -0.2) is 39.8 Å². The number of carboxylic acids is 1. The van der Waals surface area contributed by atoms with Gasteiger partial charge in [0.25, 0.3) is 0 Å². The molecule has 8 heteroatoms. The van der Waals surface area contributed by atoms with E-state index in [0.29, 0.717) is 30.6 Å². The molecule has 7 nitrogen and oxygen atoms in total. The largest absolute Gasteiger partial charge is 0.477 e. The first-order valence-corrected chi connectivity index (χ1v) is 8.45. The van der Waals surface area contributed by atoms with Crippen LogP contribution in [0.15, 0.2) is 17.1 Å². The first kappa shape index (κ1) is 14.8. The Kier molecular flexibility index (Phi) is 2.84. The molecule has 0 spiro atoms. The number of carboxylic acid groups (broad SMARTS) is 1. The zero-order valence-corrected chi connectivity index (χ0v) is 13.4. The van der Waals surface area contributed by atoms with Crippen molar-refractivity contribution in [2.24, 2.45) is 17.6 Å². The minimum absolute atomic E-state index is 0.0223. The van der Waals surface area contributed by atoms with Gasteiger partial charge in [0.15, 0.2) is 11.6 Å². The molecule has 0 amide bonds. The van der Waals surface area contributed by atoms with Crippen molar-refractivity contribution in [3.63, 3.8) is 0 Å². The third-order valence-corrected chi connectivity index (χ3v) is 5.67. The van der Waals surface area contributed by atoms with E-state index < -0.39 is 17.2 Å². The highest BCUT2D eigenvalue weighted by molar-refractivity contribution is 5.92. The molecule has 3 heterocycles. The number of fused-ring (bicyclic) bond motifs is 2. The molecule has 3 fully saturated rings. The fourth-order valence-corrected chi connectivity index (χ4v) is 3.99. The monoisotopic (exact) mass is 344 g/mol. The molecule has 5 rings (SSSR count). The number of hydrogen-bond acceptors (Lipinski definition) is 5. The molecule has 0 aromatic carbocycles. The highest BCUT2D eigenvalue weighted by atomic mass is 19.1. The van der Waals surface area contributed by atoms with E-state index in [2.05, 4.69) is 4.98 Å². The van der Waals surface area contributed by atoms with Crippen molar-refractivity contribution in [2.75, 3.05) is 18.0 Å². The number of piperidine rings is 1. The second-order valence-electron chi connectivity index (χ2n) is 7.29. The van der Waals surface area contributed by atoms with Gasteiger partial charge in [-0.05, 0) is 30.7 Å². The van der Waals surface area contributed by atoms with Crippen molar-refractivity contribution in [3.05, 3.63) is 33.9 Å². The van der Waals surface area contributed by atoms with Crippen LogP contribution in [0.2, 0.25) is 0 Å². The number of pyridine rings is 2. The third-order valence-electron chi connectivity index (χ3n) is 5.67. The molecule has 1 saturated heterocycles. The fourth-order valence-electron chi connectivity index (χ4n) is 3.99. The van der Waals surface area contributed by atoms with Crippen LogP contribution in [0.1, 0.15) is 29.2 Å². The summed E-state index contributed by atoms with van der Waals surface area (Å²) >= 11 is 0. The number of halogens is 1. The maximum Gasteiger partial charge on any atom is 0.341 e. The summed E-state index contributed by atoms with van der Waals surface area (Å²) < 4.78 is 16.4. The van der Waals surface area contributed by atoms with E-state index >= 15 is 0 Å². The zero-order chi connectivity index (χ0) is 17.5. The van der Waals surface area contributed by atoms with Crippen LogP contribution >= 0.6 is 0 Å². The summed E-state index contributed by atoms with van der Waals surface area (Å²) in [5.41, 5.74) is 5.26. The summed E-state index contributed by atoms with van der Waals surface area (Å²) in [5, 5.41) is 9.28. The van der Waals surface area contributed by atoms with Gasteiger partial charge >= 0.3 is 5.97 Å². The van der Waals surface area contributed by atoms with Gasteiger partial charge in [-0.1, -0.05) is 0 Å². The number of nitrogens with zero attached hydrogens (tertiary/aromatic N) is 3. The molecule has 2 saturated carbocycles. The number of anilines is 1. The molecule has 3 aliphatic rings. The van der Waals surface area contributed by atoms with Crippen LogP contribution in [0, 0.1) is 17.7 Å². The molecule has 1 aliphatic heterocycles. The second kappa shape index (κ2) is 4.78. The summed E-state index contributed by atoms with van der Waals surface area (Å²) in [5.74, 6) is -0.902. The lowest BCUT2D eigenvalue weighted by Crippen LogP contribution is -2.30. The number of rotatable bonds is 3. The van der Waals surface area contributed by atoms with E-state index in [1.807, 2.05) is 4.90 Å². The van der Waals surface area contributed by atoms with E-state index in [-0.39, 0.29) is 28.9 Å².